The van der Waals surface area contributed by atoms with Gasteiger partial charge in [-0.25, -0.2) is 19.2 Å². The van der Waals surface area contributed by atoms with Gasteiger partial charge < -0.3 is 23.5 Å². The second kappa shape index (κ2) is 8.85. The standard InChI is InChI=1S/C19H19NO8/c1-25-16(21)12-13(17(22)26-2)15(19(24)28-4)20(14(12)18(23)27-3)10-11-8-6-5-7-9-11/h5-9H,10H2,1-4H3. The summed E-state index contributed by atoms with van der Waals surface area (Å²) < 4.78 is 20.2. The predicted octanol–water partition coefficient (Wildman–Crippen LogP) is 1.68. The van der Waals surface area contributed by atoms with Gasteiger partial charge >= 0.3 is 23.9 Å². The van der Waals surface area contributed by atoms with E-state index in [1.807, 2.05) is 0 Å². The maximum atomic E-state index is 12.5. The highest BCUT2D eigenvalue weighted by Gasteiger charge is 2.39. The van der Waals surface area contributed by atoms with E-state index < -0.39 is 35.0 Å². The average Bonchev–Trinajstić information content (AvgIpc) is 3.06. The van der Waals surface area contributed by atoms with Crippen molar-refractivity contribution in [3.63, 3.8) is 0 Å². The molecule has 0 fully saturated rings. The van der Waals surface area contributed by atoms with E-state index in [1.165, 1.54) is 4.57 Å². The van der Waals surface area contributed by atoms with Crippen LogP contribution in [-0.2, 0) is 25.5 Å². The first-order valence-corrected chi connectivity index (χ1v) is 8.04. The number of hydrogen-bond donors (Lipinski definition) is 0. The van der Waals surface area contributed by atoms with Gasteiger partial charge in [0.15, 0.2) is 0 Å². The van der Waals surface area contributed by atoms with Crippen molar-refractivity contribution in [2.45, 2.75) is 6.54 Å². The molecule has 0 saturated heterocycles. The van der Waals surface area contributed by atoms with Crippen molar-refractivity contribution in [2.75, 3.05) is 28.4 Å². The molecule has 0 radical (unpaired) electrons. The number of aromatic nitrogens is 1. The largest absolute Gasteiger partial charge is 0.465 e. The van der Waals surface area contributed by atoms with Crippen LogP contribution in [0.2, 0.25) is 0 Å². The normalized spacial score (nSPS) is 10.1. The number of carbonyl (C=O) groups is 4. The fourth-order valence-electron chi connectivity index (χ4n) is 2.76. The zero-order valence-corrected chi connectivity index (χ0v) is 15.8. The zero-order chi connectivity index (χ0) is 20.8. The van der Waals surface area contributed by atoms with Crippen molar-refractivity contribution in [3.05, 3.63) is 58.4 Å². The molecular formula is C19H19NO8. The van der Waals surface area contributed by atoms with Gasteiger partial charge in [-0.05, 0) is 5.56 Å². The Labute approximate surface area is 160 Å². The van der Waals surface area contributed by atoms with Gasteiger partial charge in [0.1, 0.15) is 22.5 Å². The fourth-order valence-corrected chi connectivity index (χ4v) is 2.76. The highest BCUT2D eigenvalue weighted by molar-refractivity contribution is 6.15. The van der Waals surface area contributed by atoms with Gasteiger partial charge in [0.2, 0.25) is 0 Å². The predicted molar refractivity (Wildman–Crippen MR) is 95.3 cm³/mol. The number of rotatable bonds is 6. The van der Waals surface area contributed by atoms with E-state index in [1.54, 1.807) is 30.3 Å². The molecule has 28 heavy (non-hydrogen) atoms. The lowest BCUT2D eigenvalue weighted by molar-refractivity contribution is 0.0530. The highest BCUT2D eigenvalue weighted by atomic mass is 16.5. The molecular weight excluding hydrogens is 370 g/mol. The van der Waals surface area contributed by atoms with Crippen LogP contribution in [0.25, 0.3) is 0 Å². The van der Waals surface area contributed by atoms with Gasteiger partial charge in [0, 0.05) is 6.54 Å². The minimum Gasteiger partial charge on any atom is -0.465 e. The Morgan fingerprint density at radius 1 is 0.679 bits per heavy atom. The quantitative estimate of drug-likeness (QED) is 0.542. The Kier molecular flexibility index (Phi) is 6.54. The summed E-state index contributed by atoms with van der Waals surface area (Å²) in [6, 6.07) is 8.81. The number of ether oxygens (including phenoxy) is 4. The number of nitrogens with zero attached hydrogens (tertiary/aromatic N) is 1. The average molecular weight is 389 g/mol. The van der Waals surface area contributed by atoms with Crippen molar-refractivity contribution in [3.8, 4) is 0 Å². The minimum absolute atomic E-state index is 0.0172. The van der Waals surface area contributed by atoms with Crippen LogP contribution in [0.4, 0.5) is 0 Å². The first kappa shape index (κ1) is 20.7. The SMILES string of the molecule is COC(=O)c1c(C(=O)OC)c(C(=O)OC)n(Cc2ccccc2)c1C(=O)OC. The van der Waals surface area contributed by atoms with Crippen LogP contribution in [0.5, 0.6) is 0 Å². The summed E-state index contributed by atoms with van der Waals surface area (Å²) in [7, 11) is 4.38. The molecule has 1 heterocycles. The number of benzene rings is 1. The van der Waals surface area contributed by atoms with Crippen molar-refractivity contribution in [2.24, 2.45) is 0 Å². The van der Waals surface area contributed by atoms with Crippen molar-refractivity contribution >= 4 is 23.9 Å². The van der Waals surface area contributed by atoms with Gasteiger partial charge in [-0.2, -0.15) is 0 Å². The zero-order valence-electron chi connectivity index (χ0n) is 15.8. The topological polar surface area (TPSA) is 110 Å². The van der Waals surface area contributed by atoms with Gasteiger partial charge in [-0.3, -0.25) is 0 Å². The molecule has 9 heteroatoms. The van der Waals surface area contributed by atoms with E-state index >= 15 is 0 Å². The second-order valence-electron chi connectivity index (χ2n) is 5.49. The molecule has 9 nitrogen and oxygen atoms in total. The highest BCUT2D eigenvalue weighted by Crippen LogP contribution is 2.28. The molecule has 0 aliphatic heterocycles. The van der Waals surface area contributed by atoms with Crippen molar-refractivity contribution < 1.29 is 38.1 Å². The van der Waals surface area contributed by atoms with E-state index in [4.69, 9.17) is 18.9 Å². The fraction of sp³-hybridized carbons (Fsp3) is 0.263. The molecule has 148 valence electrons. The molecule has 0 atom stereocenters. The molecule has 0 amide bonds. The lowest BCUT2D eigenvalue weighted by atomic mass is 10.1. The second-order valence-corrected chi connectivity index (χ2v) is 5.49. The molecule has 0 aliphatic rings. The number of hydrogen-bond acceptors (Lipinski definition) is 8. The van der Waals surface area contributed by atoms with Crippen LogP contribution >= 0.6 is 0 Å². The Bertz CT molecular complexity index is 860. The van der Waals surface area contributed by atoms with Crippen LogP contribution in [-0.4, -0.2) is 56.9 Å². The summed E-state index contributed by atoms with van der Waals surface area (Å²) in [5.41, 5.74) is -0.811. The molecule has 0 aliphatic carbocycles. The van der Waals surface area contributed by atoms with Gasteiger partial charge in [0.05, 0.1) is 28.4 Å². The third-order valence-electron chi connectivity index (χ3n) is 3.98. The molecule has 2 aromatic rings. The molecule has 2 rings (SSSR count). The van der Waals surface area contributed by atoms with Crippen molar-refractivity contribution in [1.29, 1.82) is 0 Å². The van der Waals surface area contributed by atoms with Gasteiger partial charge in [0.25, 0.3) is 0 Å². The van der Waals surface area contributed by atoms with Crippen LogP contribution in [0.15, 0.2) is 30.3 Å². The van der Waals surface area contributed by atoms with Crippen LogP contribution in [0.1, 0.15) is 47.3 Å². The Morgan fingerprint density at radius 3 is 1.43 bits per heavy atom. The van der Waals surface area contributed by atoms with E-state index in [2.05, 4.69) is 0 Å². The first-order valence-electron chi connectivity index (χ1n) is 8.04. The lowest BCUT2D eigenvalue weighted by Crippen LogP contribution is -2.19. The van der Waals surface area contributed by atoms with E-state index in [9.17, 15) is 19.2 Å². The summed E-state index contributed by atoms with van der Waals surface area (Å²) in [6.45, 7) is -0.0172. The molecule has 0 spiro atoms. The number of esters is 4. The van der Waals surface area contributed by atoms with Gasteiger partial charge in [-0.1, -0.05) is 30.3 Å². The maximum absolute atomic E-state index is 12.5. The Hall–Kier alpha value is -3.62. The molecule has 0 bridgehead atoms. The van der Waals surface area contributed by atoms with E-state index in [0.29, 0.717) is 5.56 Å². The third-order valence-corrected chi connectivity index (χ3v) is 3.98. The molecule has 0 saturated carbocycles. The summed E-state index contributed by atoms with van der Waals surface area (Å²) in [5.74, 6) is -3.87. The summed E-state index contributed by atoms with van der Waals surface area (Å²) >= 11 is 0. The Balaban J connectivity index is 2.94. The third kappa shape index (κ3) is 3.73. The van der Waals surface area contributed by atoms with Crippen LogP contribution < -0.4 is 0 Å². The molecule has 0 unspecified atom stereocenters. The molecule has 1 aromatic heterocycles. The van der Waals surface area contributed by atoms with E-state index in [0.717, 1.165) is 28.4 Å². The number of carbonyl (C=O) groups excluding carboxylic acids is 4. The Morgan fingerprint density at radius 2 is 1.07 bits per heavy atom. The van der Waals surface area contributed by atoms with Crippen LogP contribution in [0.3, 0.4) is 0 Å². The summed E-state index contributed by atoms with van der Waals surface area (Å²) in [6.07, 6.45) is 0. The monoisotopic (exact) mass is 389 g/mol. The molecule has 0 N–H and O–H groups in total. The smallest absolute Gasteiger partial charge is 0.355 e. The van der Waals surface area contributed by atoms with Crippen LogP contribution in [0, 0.1) is 0 Å². The first-order chi connectivity index (χ1) is 13.4. The summed E-state index contributed by atoms with van der Waals surface area (Å²) in [5, 5.41) is 0. The maximum Gasteiger partial charge on any atom is 0.355 e. The van der Waals surface area contributed by atoms with E-state index in [-0.39, 0.29) is 17.9 Å². The number of methoxy groups -OCH3 is 4. The molecule has 1 aromatic carbocycles. The van der Waals surface area contributed by atoms with Crippen molar-refractivity contribution in [1.82, 2.24) is 4.57 Å². The minimum atomic E-state index is -1.00. The van der Waals surface area contributed by atoms with Gasteiger partial charge in [-0.15, -0.1) is 0 Å². The summed E-state index contributed by atoms with van der Waals surface area (Å²) in [4.78, 5) is 49.8. The lowest BCUT2D eigenvalue weighted by Gasteiger charge is -2.12.